The van der Waals surface area contributed by atoms with E-state index in [0.717, 1.165) is 18.7 Å². The minimum Gasteiger partial charge on any atom is -0.329 e. The maximum Gasteiger partial charge on any atom is 0.123 e. The molecule has 0 saturated carbocycles. The van der Waals surface area contributed by atoms with Crippen LogP contribution in [-0.2, 0) is 6.54 Å². The minimum atomic E-state index is -0.177. The van der Waals surface area contributed by atoms with Crippen molar-refractivity contribution >= 4 is 0 Å². The van der Waals surface area contributed by atoms with Gasteiger partial charge in [0.1, 0.15) is 5.82 Å². The van der Waals surface area contributed by atoms with E-state index in [1.807, 2.05) is 6.07 Å². The molecule has 0 aliphatic heterocycles. The van der Waals surface area contributed by atoms with Crippen LogP contribution in [0, 0.1) is 5.82 Å². The van der Waals surface area contributed by atoms with Crippen LogP contribution in [0.15, 0.2) is 24.3 Å². The molecule has 0 aromatic heterocycles. The lowest BCUT2D eigenvalue weighted by Crippen LogP contribution is -2.34. The fourth-order valence-corrected chi connectivity index (χ4v) is 1.56. The van der Waals surface area contributed by atoms with Crippen LogP contribution in [-0.4, -0.2) is 24.0 Å². The first-order chi connectivity index (χ1) is 7.13. The van der Waals surface area contributed by atoms with E-state index < -0.39 is 0 Å². The highest BCUT2D eigenvalue weighted by Gasteiger charge is 2.09. The smallest absolute Gasteiger partial charge is 0.123 e. The van der Waals surface area contributed by atoms with Crippen molar-refractivity contribution in [2.75, 3.05) is 13.1 Å². The summed E-state index contributed by atoms with van der Waals surface area (Å²) in [6.07, 6.45) is 0. The SMILES string of the molecule is CC(C)N(CCN)Cc1cccc(F)c1. The van der Waals surface area contributed by atoms with Gasteiger partial charge in [-0.05, 0) is 31.5 Å². The van der Waals surface area contributed by atoms with Gasteiger partial charge in [0.2, 0.25) is 0 Å². The van der Waals surface area contributed by atoms with Gasteiger partial charge in [-0.3, -0.25) is 4.90 Å². The van der Waals surface area contributed by atoms with Crippen molar-refractivity contribution < 1.29 is 4.39 Å². The van der Waals surface area contributed by atoms with Gasteiger partial charge in [-0.15, -0.1) is 0 Å². The van der Waals surface area contributed by atoms with Gasteiger partial charge in [0.05, 0.1) is 0 Å². The normalized spacial score (nSPS) is 11.3. The molecule has 0 amide bonds. The first-order valence-corrected chi connectivity index (χ1v) is 5.32. The Morgan fingerprint density at radius 3 is 2.67 bits per heavy atom. The topological polar surface area (TPSA) is 29.3 Å². The largest absolute Gasteiger partial charge is 0.329 e. The third-order valence-electron chi connectivity index (χ3n) is 2.42. The van der Waals surface area contributed by atoms with Crippen LogP contribution in [0.4, 0.5) is 4.39 Å². The molecule has 0 unspecified atom stereocenters. The van der Waals surface area contributed by atoms with E-state index in [1.165, 1.54) is 6.07 Å². The Morgan fingerprint density at radius 1 is 1.40 bits per heavy atom. The molecule has 0 bridgehead atoms. The van der Waals surface area contributed by atoms with Crippen LogP contribution in [0.5, 0.6) is 0 Å². The van der Waals surface area contributed by atoms with Crippen molar-refractivity contribution in [2.24, 2.45) is 5.73 Å². The lowest BCUT2D eigenvalue weighted by Gasteiger charge is -2.25. The van der Waals surface area contributed by atoms with Gasteiger partial charge >= 0.3 is 0 Å². The number of hydrogen-bond acceptors (Lipinski definition) is 2. The Bertz CT molecular complexity index is 299. The predicted octanol–water partition coefficient (Wildman–Crippen LogP) is 1.99. The maximum absolute atomic E-state index is 13.0. The number of nitrogens with two attached hydrogens (primary N) is 1. The summed E-state index contributed by atoms with van der Waals surface area (Å²) >= 11 is 0. The average molecular weight is 210 g/mol. The minimum absolute atomic E-state index is 0.177. The number of halogens is 1. The van der Waals surface area contributed by atoms with Crippen LogP contribution in [0.3, 0.4) is 0 Å². The van der Waals surface area contributed by atoms with Crippen LogP contribution < -0.4 is 5.73 Å². The molecule has 1 aromatic carbocycles. The van der Waals surface area contributed by atoms with E-state index in [2.05, 4.69) is 18.7 Å². The molecule has 0 heterocycles. The molecule has 1 aromatic rings. The third kappa shape index (κ3) is 3.98. The Hall–Kier alpha value is -0.930. The Kier molecular flexibility index (Phi) is 4.72. The van der Waals surface area contributed by atoms with Gasteiger partial charge in [-0.25, -0.2) is 4.39 Å². The highest BCUT2D eigenvalue weighted by molar-refractivity contribution is 5.16. The second kappa shape index (κ2) is 5.83. The first-order valence-electron chi connectivity index (χ1n) is 5.32. The molecule has 2 nitrogen and oxygen atoms in total. The fourth-order valence-electron chi connectivity index (χ4n) is 1.56. The molecule has 0 fully saturated rings. The zero-order chi connectivity index (χ0) is 11.3. The van der Waals surface area contributed by atoms with Crippen molar-refractivity contribution in [3.63, 3.8) is 0 Å². The number of benzene rings is 1. The summed E-state index contributed by atoms with van der Waals surface area (Å²) in [6, 6.07) is 7.15. The van der Waals surface area contributed by atoms with Crippen molar-refractivity contribution in [3.8, 4) is 0 Å². The van der Waals surface area contributed by atoms with Gasteiger partial charge in [-0.2, -0.15) is 0 Å². The molecule has 2 N–H and O–H groups in total. The molecular weight excluding hydrogens is 191 g/mol. The lowest BCUT2D eigenvalue weighted by molar-refractivity contribution is 0.219. The van der Waals surface area contributed by atoms with Gasteiger partial charge in [0, 0.05) is 25.7 Å². The molecule has 84 valence electrons. The van der Waals surface area contributed by atoms with Crippen molar-refractivity contribution in [3.05, 3.63) is 35.6 Å². The summed E-state index contributed by atoms with van der Waals surface area (Å²) in [6.45, 7) is 6.47. The van der Waals surface area contributed by atoms with Gasteiger partial charge in [0.15, 0.2) is 0 Å². The van der Waals surface area contributed by atoms with E-state index in [0.29, 0.717) is 12.6 Å². The Labute approximate surface area is 90.9 Å². The number of nitrogens with zero attached hydrogens (tertiary/aromatic N) is 1. The van der Waals surface area contributed by atoms with Crippen LogP contribution in [0.1, 0.15) is 19.4 Å². The number of rotatable bonds is 5. The number of hydrogen-bond donors (Lipinski definition) is 1. The molecule has 0 aliphatic rings. The summed E-state index contributed by atoms with van der Waals surface area (Å²) in [5.41, 5.74) is 6.53. The van der Waals surface area contributed by atoms with Gasteiger partial charge < -0.3 is 5.73 Å². The van der Waals surface area contributed by atoms with E-state index in [9.17, 15) is 4.39 Å². The third-order valence-corrected chi connectivity index (χ3v) is 2.42. The summed E-state index contributed by atoms with van der Waals surface area (Å²) in [4.78, 5) is 2.23. The second-order valence-electron chi connectivity index (χ2n) is 3.98. The highest BCUT2D eigenvalue weighted by atomic mass is 19.1. The standard InChI is InChI=1S/C12H19FN2/c1-10(2)15(7-6-14)9-11-4-3-5-12(13)8-11/h3-5,8,10H,6-7,9,14H2,1-2H3. The summed E-state index contributed by atoms with van der Waals surface area (Å²) in [5, 5.41) is 0. The molecule has 0 spiro atoms. The van der Waals surface area contributed by atoms with Gasteiger partial charge in [0.25, 0.3) is 0 Å². The van der Waals surface area contributed by atoms with Crippen LogP contribution in [0.2, 0.25) is 0 Å². The Morgan fingerprint density at radius 2 is 2.13 bits per heavy atom. The molecular formula is C12H19FN2. The second-order valence-corrected chi connectivity index (χ2v) is 3.98. The van der Waals surface area contributed by atoms with Crippen LogP contribution in [0.25, 0.3) is 0 Å². The molecule has 15 heavy (non-hydrogen) atoms. The summed E-state index contributed by atoms with van der Waals surface area (Å²) in [7, 11) is 0. The highest BCUT2D eigenvalue weighted by Crippen LogP contribution is 2.09. The van der Waals surface area contributed by atoms with Crippen LogP contribution >= 0.6 is 0 Å². The van der Waals surface area contributed by atoms with E-state index in [1.54, 1.807) is 12.1 Å². The zero-order valence-electron chi connectivity index (χ0n) is 9.41. The molecule has 0 aliphatic carbocycles. The quantitative estimate of drug-likeness (QED) is 0.805. The average Bonchev–Trinajstić information content (AvgIpc) is 2.17. The van der Waals surface area contributed by atoms with Crippen molar-refractivity contribution in [1.29, 1.82) is 0 Å². The zero-order valence-corrected chi connectivity index (χ0v) is 9.41. The molecule has 1 rings (SSSR count). The van der Waals surface area contributed by atoms with E-state index in [-0.39, 0.29) is 5.82 Å². The summed E-state index contributed by atoms with van der Waals surface area (Å²) < 4.78 is 13.0. The van der Waals surface area contributed by atoms with E-state index in [4.69, 9.17) is 5.73 Å². The molecule has 3 heteroatoms. The Balaban J connectivity index is 2.65. The van der Waals surface area contributed by atoms with Crippen molar-refractivity contribution in [1.82, 2.24) is 4.90 Å². The van der Waals surface area contributed by atoms with E-state index >= 15 is 0 Å². The molecule has 0 atom stereocenters. The molecule has 0 radical (unpaired) electrons. The van der Waals surface area contributed by atoms with Gasteiger partial charge in [-0.1, -0.05) is 12.1 Å². The molecule has 0 saturated heterocycles. The predicted molar refractivity (Wildman–Crippen MR) is 61.0 cm³/mol. The lowest BCUT2D eigenvalue weighted by atomic mass is 10.2. The monoisotopic (exact) mass is 210 g/mol. The maximum atomic E-state index is 13.0. The fraction of sp³-hybridized carbons (Fsp3) is 0.500. The summed E-state index contributed by atoms with van der Waals surface area (Å²) in [5.74, 6) is -0.177. The van der Waals surface area contributed by atoms with Crippen molar-refractivity contribution in [2.45, 2.75) is 26.4 Å². The first kappa shape index (κ1) is 12.1.